The molecule has 0 unspecified atom stereocenters. The normalized spacial score (nSPS) is 12.2. The minimum atomic E-state index is 0.919. The summed E-state index contributed by atoms with van der Waals surface area (Å²) in [6.45, 7) is 0. The quantitative estimate of drug-likeness (QED) is 0.283. The maximum Gasteiger partial charge on any atom is 0.159 e. The Morgan fingerprint density at radius 1 is 0.515 bits per heavy atom. The van der Waals surface area contributed by atoms with E-state index in [4.69, 9.17) is 4.42 Å². The fourth-order valence-electron chi connectivity index (χ4n) is 5.52. The number of benzene rings is 5. The fraction of sp³-hybridized carbons (Fsp3) is 0. The van der Waals surface area contributed by atoms with Crippen molar-refractivity contribution in [3.8, 4) is 5.69 Å². The summed E-state index contributed by atoms with van der Waals surface area (Å²) in [7, 11) is 0. The van der Waals surface area contributed by atoms with Gasteiger partial charge in [0.15, 0.2) is 5.58 Å². The molecule has 8 rings (SSSR count). The molecule has 0 amide bonds. The molecule has 0 bridgehead atoms. The monoisotopic (exact) mass is 422 g/mol. The van der Waals surface area contributed by atoms with Gasteiger partial charge in [0.1, 0.15) is 5.58 Å². The molecule has 3 heteroatoms. The first-order valence-corrected chi connectivity index (χ1v) is 11.2. The van der Waals surface area contributed by atoms with E-state index >= 15 is 0 Å². The second-order valence-electron chi connectivity index (χ2n) is 8.66. The van der Waals surface area contributed by atoms with Crippen molar-refractivity contribution in [2.24, 2.45) is 0 Å². The van der Waals surface area contributed by atoms with Crippen LogP contribution in [0.2, 0.25) is 0 Å². The lowest BCUT2D eigenvalue weighted by Gasteiger charge is -2.07. The summed E-state index contributed by atoms with van der Waals surface area (Å²) in [5.74, 6) is 0. The first-order valence-electron chi connectivity index (χ1n) is 11.2. The van der Waals surface area contributed by atoms with Crippen molar-refractivity contribution in [3.05, 3.63) is 103 Å². The van der Waals surface area contributed by atoms with Crippen LogP contribution in [0.1, 0.15) is 0 Å². The van der Waals surface area contributed by atoms with Gasteiger partial charge in [-0.1, -0.05) is 60.7 Å². The first kappa shape index (κ1) is 17.1. The Balaban J connectivity index is 1.58. The molecular formula is C30H18N2O. The number of H-pyrrole nitrogens is 1. The van der Waals surface area contributed by atoms with Gasteiger partial charge in [0.05, 0.1) is 21.9 Å². The molecule has 1 N–H and O–H groups in total. The van der Waals surface area contributed by atoms with Crippen molar-refractivity contribution in [1.29, 1.82) is 0 Å². The van der Waals surface area contributed by atoms with E-state index in [2.05, 4.69) is 113 Å². The van der Waals surface area contributed by atoms with Crippen LogP contribution in [0.5, 0.6) is 0 Å². The van der Waals surface area contributed by atoms with E-state index in [-0.39, 0.29) is 0 Å². The molecule has 0 radical (unpaired) electrons. The Morgan fingerprint density at radius 3 is 2.12 bits per heavy atom. The molecule has 0 aliphatic carbocycles. The highest BCUT2D eigenvalue weighted by Crippen LogP contribution is 2.42. The van der Waals surface area contributed by atoms with Gasteiger partial charge in [0.2, 0.25) is 0 Å². The summed E-state index contributed by atoms with van der Waals surface area (Å²) >= 11 is 0. The van der Waals surface area contributed by atoms with Crippen molar-refractivity contribution >= 4 is 65.6 Å². The number of nitrogens with zero attached hydrogens (tertiary/aromatic N) is 1. The zero-order valence-corrected chi connectivity index (χ0v) is 17.7. The number of hydrogen-bond acceptors (Lipinski definition) is 1. The van der Waals surface area contributed by atoms with E-state index in [9.17, 15) is 0 Å². The lowest BCUT2D eigenvalue weighted by Crippen LogP contribution is -1.92. The third kappa shape index (κ3) is 2.14. The van der Waals surface area contributed by atoms with Crippen LogP contribution in [-0.2, 0) is 0 Å². The van der Waals surface area contributed by atoms with Gasteiger partial charge in [-0.3, -0.25) is 0 Å². The molecule has 3 nitrogen and oxygen atoms in total. The number of nitrogens with one attached hydrogen (secondary N) is 1. The maximum absolute atomic E-state index is 6.72. The van der Waals surface area contributed by atoms with Crippen LogP contribution in [0.15, 0.2) is 108 Å². The number of aromatic amines is 1. The van der Waals surface area contributed by atoms with Crippen LogP contribution in [0.4, 0.5) is 0 Å². The topological polar surface area (TPSA) is 33.9 Å². The van der Waals surface area contributed by atoms with Crippen LogP contribution >= 0.6 is 0 Å². The molecule has 5 aromatic carbocycles. The van der Waals surface area contributed by atoms with Crippen molar-refractivity contribution in [3.63, 3.8) is 0 Å². The lowest BCUT2D eigenvalue weighted by molar-refractivity contribution is 0.676. The van der Waals surface area contributed by atoms with Crippen LogP contribution in [0.3, 0.4) is 0 Å². The van der Waals surface area contributed by atoms with Gasteiger partial charge in [-0.15, -0.1) is 0 Å². The van der Waals surface area contributed by atoms with Gasteiger partial charge in [0, 0.05) is 38.1 Å². The molecule has 0 saturated carbocycles. The molecular weight excluding hydrogens is 404 g/mol. The molecule has 3 heterocycles. The number of rotatable bonds is 1. The molecule has 0 spiro atoms. The molecule has 0 saturated heterocycles. The van der Waals surface area contributed by atoms with Crippen LogP contribution < -0.4 is 0 Å². The summed E-state index contributed by atoms with van der Waals surface area (Å²) in [5, 5.41) is 7.07. The van der Waals surface area contributed by atoms with Crippen molar-refractivity contribution in [2.45, 2.75) is 0 Å². The number of para-hydroxylation sites is 3. The van der Waals surface area contributed by atoms with Gasteiger partial charge < -0.3 is 14.0 Å². The SMILES string of the molecule is c1ccc(-n2c3ccccc3c3c4oc5c(ccc6c7ccccc7[nH]c65)c4ccc32)cc1. The summed E-state index contributed by atoms with van der Waals surface area (Å²) in [6.07, 6.45) is 0. The van der Waals surface area contributed by atoms with E-state index in [1.807, 2.05) is 0 Å². The van der Waals surface area contributed by atoms with Crippen molar-refractivity contribution in [1.82, 2.24) is 9.55 Å². The number of hydrogen-bond donors (Lipinski definition) is 1. The van der Waals surface area contributed by atoms with Gasteiger partial charge >= 0.3 is 0 Å². The maximum atomic E-state index is 6.72. The zero-order valence-electron chi connectivity index (χ0n) is 17.7. The van der Waals surface area contributed by atoms with Crippen LogP contribution in [-0.4, -0.2) is 9.55 Å². The highest BCUT2D eigenvalue weighted by molar-refractivity contribution is 6.27. The largest absolute Gasteiger partial charge is 0.453 e. The van der Waals surface area contributed by atoms with E-state index in [1.54, 1.807) is 0 Å². The Bertz CT molecular complexity index is 2020. The second kappa shape index (κ2) is 6.05. The average molecular weight is 422 g/mol. The summed E-state index contributed by atoms with van der Waals surface area (Å²) in [5.41, 5.74) is 7.54. The summed E-state index contributed by atoms with van der Waals surface area (Å²) in [6, 6.07) is 36.4. The standard InChI is InChI=1S/C30H18N2O/c1-2-8-18(9-3-1)32-25-13-7-5-11-23(25)27-26(32)17-16-21-22-15-14-20-19-10-4-6-12-24(19)31-28(20)30(22)33-29(21)27/h1-17,31H. The van der Waals surface area contributed by atoms with E-state index in [1.165, 1.54) is 21.7 Å². The van der Waals surface area contributed by atoms with E-state index in [0.717, 1.165) is 49.6 Å². The minimum absolute atomic E-state index is 0.919. The Morgan fingerprint density at radius 2 is 1.21 bits per heavy atom. The van der Waals surface area contributed by atoms with E-state index < -0.39 is 0 Å². The van der Waals surface area contributed by atoms with Crippen LogP contribution in [0.25, 0.3) is 71.2 Å². The van der Waals surface area contributed by atoms with Gasteiger partial charge in [0.25, 0.3) is 0 Å². The Kier molecular flexibility index (Phi) is 3.14. The van der Waals surface area contributed by atoms with Gasteiger partial charge in [-0.2, -0.15) is 0 Å². The molecule has 0 atom stereocenters. The Labute approximate surface area is 188 Å². The van der Waals surface area contributed by atoms with Crippen molar-refractivity contribution in [2.75, 3.05) is 0 Å². The predicted octanol–water partition coefficient (Wildman–Crippen LogP) is 8.32. The smallest absolute Gasteiger partial charge is 0.159 e. The number of fused-ring (bicyclic) bond motifs is 11. The highest BCUT2D eigenvalue weighted by atomic mass is 16.3. The van der Waals surface area contributed by atoms with Gasteiger partial charge in [-0.25, -0.2) is 0 Å². The highest BCUT2D eigenvalue weighted by Gasteiger charge is 2.20. The summed E-state index contributed by atoms with van der Waals surface area (Å²) < 4.78 is 9.05. The molecule has 0 aliphatic heterocycles. The molecule has 8 aromatic rings. The van der Waals surface area contributed by atoms with E-state index in [0.29, 0.717) is 0 Å². The average Bonchev–Trinajstić information content (AvgIpc) is 3.53. The lowest BCUT2D eigenvalue weighted by atomic mass is 10.1. The predicted molar refractivity (Wildman–Crippen MR) is 137 cm³/mol. The molecule has 3 aromatic heterocycles. The van der Waals surface area contributed by atoms with Gasteiger partial charge in [-0.05, 0) is 42.5 Å². The minimum Gasteiger partial charge on any atom is -0.453 e. The second-order valence-corrected chi connectivity index (χ2v) is 8.66. The Hall–Kier alpha value is -4.50. The van der Waals surface area contributed by atoms with Crippen molar-refractivity contribution < 1.29 is 4.42 Å². The van der Waals surface area contributed by atoms with Crippen LogP contribution in [0, 0.1) is 0 Å². The fourth-order valence-corrected chi connectivity index (χ4v) is 5.52. The first-order chi connectivity index (χ1) is 16.4. The zero-order chi connectivity index (χ0) is 21.5. The third-order valence-electron chi connectivity index (χ3n) is 6.93. The molecule has 0 fully saturated rings. The molecule has 33 heavy (non-hydrogen) atoms. The third-order valence-corrected chi connectivity index (χ3v) is 6.93. The molecule has 154 valence electrons. The molecule has 0 aliphatic rings. The summed E-state index contributed by atoms with van der Waals surface area (Å²) in [4.78, 5) is 3.60. The number of aromatic nitrogens is 2. The number of furan rings is 1.